The van der Waals surface area contributed by atoms with E-state index in [0.29, 0.717) is 24.9 Å². The molecule has 17 heavy (non-hydrogen) atoms. The predicted molar refractivity (Wildman–Crippen MR) is 66.3 cm³/mol. The van der Waals surface area contributed by atoms with Gasteiger partial charge in [-0.25, -0.2) is 4.39 Å². The van der Waals surface area contributed by atoms with Gasteiger partial charge in [0.25, 0.3) is 0 Å². The van der Waals surface area contributed by atoms with E-state index in [0.717, 1.165) is 0 Å². The van der Waals surface area contributed by atoms with Crippen LogP contribution in [0.1, 0.15) is 18.9 Å². The number of carbonyl (C=O) groups is 1. The lowest BCUT2D eigenvalue weighted by Crippen LogP contribution is -2.35. The molecule has 0 aliphatic carbocycles. The van der Waals surface area contributed by atoms with E-state index >= 15 is 0 Å². The normalized spacial score (nSPS) is 12.2. The Morgan fingerprint density at radius 1 is 1.41 bits per heavy atom. The number of halogens is 1. The van der Waals surface area contributed by atoms with Crippen LogP contribution in [-0.4, -0.2) is 25.5 Å². The minimum absolute atomic E-state index is 0.0109. The molecule has 1 rings (SSSR count). The van der Waals surface area contributed by atoms with Gasteiger partial charge in [-0.05, 0) is 32.0 Å². The van der Waals surface area contributed by atoms with Gasteiger partial charge in [-0.2, -0.15) is 0 Å². The van der Waals surface area contributed by atoms with Gasteiger partial charge >= 0.3 is 0 Å². The fourth-order valence-electron chi connectivity index (χ4n) is 1.63. The Labute approximate surface area is 101 Å². The number of nitrogens with one attached hydrogen (secondary N) is 2. The molecule has 0 aliphatic heterocycles. The molecule has 0 fully saturated rings. The average Bonchev–Trinajstić information content (AvgIpc) is 2.29. The monoisotopic (exact) mass is 238 g/mol. The Hall–Kier alpha value is -1.42. The Balaban J connectivity index is 2.42. The van der Waals surface area contributed by atoms with Crippen LogP contribution in [0.2, 0.25) is 0 Å². The summed E-state index contributed by atoms with van der Waals surface area (Å²) in [4.78, 5) is 11.4. The van der Waals surface area contributed by atoms with E-state index in [4.69, 9.17) is 0 Å². The molecule has 0 bridgehead atoms. The summed E-state index contributed by atoms with van der Waals surface area (Å²) in [6, 6.07) is 6.58. The van der Waals surface area contributed by atoms with Crippen molar-refractivity contribution in [3.8, 4) is 0 Å². The first-order valence-electron chi connectivity index (χ1n) is 5.81. The van der Waals surface area contributed by atoms with Crippen molar-refractivity contribution in [1.82, 2.24) is 10.6 Å². The summed E-state index contributed by atoms with van der Waals surface area (Å²) in [6.07, 6.45) is 0.954. The number of rotatable bonds is 6. The predicted octanol–water partition coefficient (Wildman–Crippen LogP) is 1.48. The molecular formula is C13H19FN2O. The highest BCUT2D eigenvalue weighted by molar-refractivity contribution is 5.76. The molecule has 1 amide bonds. The molecular weight excluding hydrogens is 219 g/mol. The van der Waals surface area contributed by atoms with Crippen LogP contribution < -0.4 is 10.6 Å². The van der Waals surface area contributed by atoms with Crippen molar-refractivity contribution in [2.75, 3.05) is 13.6 Å². The summed E-state index contributed by atoms with van der Waals surface area (Å²) in [5, 5.41) is 5.75. The molecule has 0 spiro atoms. The molecule has 2 N–H and O–H groups in total. The van der Waals surface area contributed by atoms with Gasteiger partial charge < -0.3 is 10.6 Å². The van der Waals surface area contributed by atoms with Gasteiger partial charge in [0.1, 0.15) is 5.82 Å². The zero-order chi connectivity index (χ0) is 12.7. The fraction of sp³-hybridized carbons (Fsp3) is 0.462. The SMILES string of the molecule is CNCCC(=O)NC(C)Cc1ccccc1F. The Kier molecular flexibility index (Phi) is 5.63. The maximum absolute atomic E-state index is 13.4. The third-order valence-corrected chi connectivity index (χ3v) is 2.49. The molecule has 1 atom stereocenters. The van der Waals surface area contributed by atoms with E-state index in [1.165, 1.54) is 6.07 Å². The largest absolute Gasteiger partial charge is 0.353 e. The standard InChI is InChI=1S/C13H19FN2O/c1-10(16-13(17)7-8-15-2)9-11-5-3-4-6-12(11)14/h3-6,10,15H,7-9H2,1-2H3,(H,16,17). The molecule has 3 nitrogen and oxygen atoms in total. The first-order valence-corrected chi connectivity index (χ1v) is 5.81. The first-order chi connectivity index (χ1) is 8.13. The molecule has 1 aromatic carbocycles. The van der Waals surface area contributed by atoms with Crippen LogP contribution in [0, 0.1) is 5.82 Å². The molecule has 0 aromatic heterocycles. The number of hydrogen-bond acceptors (Lipinski definition) is 2. The Morgan fingerprint density at radius 2 is 2.12 bits per heavy atom. The second-order valence-corrected chi connectivity index (χ2v) is 4.12. The van der Waals surface area contributed by atoms with Crippen LogP contribution in [0.5, 0.6) is 0 Å². The zero-order valence-electron chi connectivity index (χ0n) is 10.3. The molecule has 1 aromatic rings. The Bertz CT molecular complexity index is 368. The maximum atomic E-state index is 13.4. The van der Waals surface area contributed by atoms with E-state index in [9.17, 15) is 9.18 Å². The number of hydrogen-bond donors (Lipinski definition) is 2. The third kappa shape index (κ3) is 4.95. The lowest BCUT2D eigenvalue weighted by Gasteiger charge is -2.14. The van der Waals surface area contributed by atoms with Crippen molar-refractivity contribution in [3.63, 3.8) is 0 Å². The molecule has 0 saturated carbocycles. The van der Waals surface area contributed by atoms with Gasteiger partial charge in [0.2, 0.25) is 5.91 Å². The van der Waals surface area contributed by atoms with E-state index in [-0.39, 0.29) is 17.8 Å². The van der Waals surface area contributed by atoms with Crippen molar-refractivity contribution in [1.29, 1.82) is 0 Å². The van der Waals surface area contributed by atoms with Gasteiger partial charge in [0.05, 0.1) is 0 Å². The van der Waals surface area contributed by atoms with Crippen molar-refractivity contribution in [2.45, 2.75) is 25.8 Å². The van der Waals surface area contributed by atoms with Gasteiger partial charge in [-0.15, -0.1) is 0 Å². The van der Waals surface area contributed by atoms with Crippen LogP contribution in [0.15, 0.2) is 24.3 Å². The molecule has 0 aliphatic rings. The highest BCUT2D eigenvalue weighted by Gasteiger charge is 2.09. The molecule has 94 valence electrons. The summed E-state index contributed by atoms with van der Waals surface area (Å²) < 4.78 is 13.4. The highest BCUT2D eigenvalue weighted by Crippen LogP contribution is 2.08. The molecule has 0 heterocycles. The maximum Gasteiger partial charge on any atom is 0.221 e. The lowest BCUT2D eigenvalue weighted by molar-refractivity contribution is -0.121. The summed E-state index contributed by atoms with van der Waals surface area (Å²) in [5.74, 6) is -0.230. The number of amides is 1. The topological polar surface area (TPSA) is 41.1 Å². The quantitative estimate of drug-likeness (QED) is 0.788. The number of benzene rings is 1. The van der Waals surface area contributed by atoms with Crippen molar-refractivity contribution < 1.29 is 9.18 Å². The van der Waals surface area contributed by atoms with Gasteiger partial charge in [-0.3, -0.25) is 4.79 Å². The fourth-order valence-corrected chi connectivity index (χ4v) is 1.63. The van der Waals surface area contributed by atoms with E-state index in [1.54, 1.807) is 25.2 Å². The molecule has 1 unspecified atom stereocenters. The summed E-state index contributed by atoms with van der Waals surface area (Å²) in [5.41, 5.74) is 0.633. The van der Waals surface area contributed by atoms with Crippen LogP contribution in [0.3, 0.4) is 0 Å². The van der Waals surface area contributed by atoms with Crippen LogP contribution in [0.25, 0.3) is 0 Å². The highest BCUT2D eigenvalue weighted by atomic mass is 19.1. The smallest absolute Gasteiger partial charge is 0.221 e. The lowest BCUT2D eigenvalue weighted by atomic mass is 10.1. The first kappa shape index (κ1) is 13.6. The van der Waals surface area contributed by atoms with Crippen molar-refractivity contribution in [3.05, 3.63) is 35.6 Å². The minimum atomic E-state index is -0.219. The van der Waals surface area contributed by atoms with E-state index in [1.807, 2.05) is 6.92 Å². The van der Waals surface area contributed by atoms with Crippen LogP contribution >= 0.6 is 0 Å². The molecule has 4 heteroatoms. The molecule has 0 radical (unpaired) electrons. The summed E-state index contributed by atoms with van der Waals surface area (Å²) >= 11 is 0. The van der Waals surface area contributed by atoms with E-state index in [2.05, 4.69) is 10.6 Å². The number of carbonyl (C=O) groups excluding carboxylic acids is 1. The van der Waals surface area contributed by atoms with Crippen molar-refractivity contribution in [2.24, 2.45) is 0 Å². The van der Waals surface area contributed by atoms with Gasteiger partial charge in [-0.1, -0.05) is 18.2 Å². The van der Waals surface area contributed by atoms with Crippen molar-refractivity contribution >= 4 is 5.91 Å². The minimum Gasteiger partial charge on any atom is -0.353 e. The van der Waals surface area contributed by atoms with Crippen LogP contribution in [0.4, 0.5) is 4.39 Å². The summed E-state index contributed by atoms with van der Waals surface area (Å²) in [7, 11) is 1.80. The zero-order valence-corrected chi connectivity index (χ0v) is 10.3. The van der Waals surface area contributed by atoms with E-state index < -0.39 is 0 Å². The Morgan fingerprint density at radius 3 is 2.76 bits per heavy atom. The second-order valence-electron chi connectivity index (χ2n) is 4.12. The van der Waals surface area contributed by atoms with Gasteiger partial charge in [0.15, 0.2) is 0 Å². The summed E-state index contributed by atoms with van der Waals surface area (Å²) in [6.45, 7) is 2.53. The van der Waals surface area contributed by atoms with Gasteiger partial charge in [0, 0.05) is 19.0 Å². The average molecular weight is 238 g/mol. The molecule has 0 saturated heterocycles. The third-order valence-electron chi connectivity index (χ3n) is 2.49. The second kappa shape index (κ2) is 7.01. The van der Waals surface area contributed by atoms with Crippen LogP contribution in [-0.2, 0) is 11.2 Å².